The summed E-state index contributed by atoms with van der Waals surface area (Å²) < 4.78 is 23.3. The number of hydrogen-bond donors (Lipinski definition) is 3. The lowest BCUT2D eigenvalue weighted by atomic mass is 9.95. The number of carbonyl (C=O) groups excluding carboxylic acids is 2. The maximum absolute atomic E-state index is 12.2. The largest absolute Gasteiger partial charge is 0.478 e. The second-order valence-electron chi connectivity index (χ2n) is 6.76. The summed E-state index contributed by atoms with van der Waals surface area (Å²) in [6.45, 7) is 6.56. The molecule has 1 unspecified atom stereocenters. The van der Waals surface area contributed by atoms with Crippen LogP contribution in [0.5, 0.6) is 0 Å². The number of amides is 2. The predicted octanol–water partition coefficient (Wildman–Crippen LogP) is 1.28. The van der Waals surface area contributed by atoms with Crippen molar-refractivity contribution in [2.24, 2.45) is 5.41 Å². The van der Waals surface area contributed by atoms with Gasteiger partial charge in [0.25, 0.3) is 0 Å². The van der Waals surface area contributed by atoms with E-state index in [1.165, 1.54) is 6.92 Å². The van der Waals surface area contributed by atoms with Gasteiger partial charge in [-0.25, -0.2) is 13.2 Å². The van der Waals surface area contributed by atoms with Crippen LogP contribution in [0, 0.1) is 5.41 Å². The van der Waals surface area contributed by atoms with Crippen molar-refractivity contribution in [3.05, 3.63) is 23.8 Å². The van der Waals surface area contributed by atoms with Crippen LogP contribution < -0.4 is 10.6 Å². The number of anilines is 1. The fraction of sp³-hybridized carbons (Fsp3) is 0.438. The lowest BCUT2D eigenvalue weighted by molar-refractivity contribution is -0.131. The van der Waals surface area contributed by atoms with Crippen molar-refractivity contribution in [1.29, 1.82) is 0 Å². The Morgan fingerprint density at radius 3 is 2.12 bits per heavy atom. The van der Waals surface area contributed by atoms with Gasteiger partial charge in [-0.2, -0.15) is 0 Å². The summed E-state index contributed by atoms with van der Waals surface area (Å²) in [5.41, 5.74) is -0.937. The molecule has 1 rings (SSSR count). The highest BCUT2D eigenvalue weighted by Gasteiger charge is 2.25. The van der Waals surface area contributed by atoms with Gasteiger partial charge in [0.2, 0.25) is 11.8 Å². The Kier molecular flexibility index (Phi) is 5.96. The van der Waals surface area contributed by atoms with Gasteiger partial charge in [0.15, 0.2) is 9.84 Å². The van der Waals surface area contributed by atoms with Crippen LogP contribution in [0.3, 0.4) is 0 Å². The van der Waals surface area contributed by atoms with Crippen LogP contribution >= 0.6 is 0 Å². The molecule has 1 aromatic rings. The van der Waals surface area contributed by atoms with Gasteiger partial charge in [-0.1, -0.05) is 20.8 Å². The van der Waals surface area contributed by atoms with Crippen LogP contribution in [-0.4, -0.2) is 43.6 Å². The summed E-state index contributed by atoms with van der Waals surface area (Å²) in [4.78, 5) is 35.0. The molecule has 0 aliphatic heterocycles. The van der Waals surface area contributed by atoms with Gasteiger partial charge in [0.05, 0.1) is 10.5 Å². The number of carbonyl (C=O) groups is 3. The highest BCUT2D eigenvalue weighted by molar-refractivity contribution is 7.90. The number of aromatic carboxylic acids is 1. The Labute approximate surface area is 146 Å². The number of sulfone groups is 1. The summed E-state index contributed by atoms with van der Waals surface area (Å²) >= 11 is 0. The molecule has 0 aliphatic rings. The second-order valence-corrected chi connectivity index (χ2v) is 8.77. The molecule has 0 heterocycles. The molecular formula is C16H22N2O6S. The fourth-order valence-electron chi connectivity index (χ4n) is 1.74. The zero-order valence-corrected chi connectivity index (χ0v) is 15.5. The maximum Gasteiger partial charge on any atom is 0.335 e. The van der Waals surface area contributed by atoms with Gasteiger partial charge >= 0.3 is 5.97 Å². The Bertz CT molecular complexity index is 808. The van der Waals surface area contributed by atoms with Gasteiger partial charge in [0, 0.05) is 17.4 Å². The molecular weight excluding hydrogens is 348 g/mol. The normalized spacial score (nSPS) is 13.0. The smallest absolute Gasteiger partial charge is 0.335 e. The van der Waals surface area contributed by atoms with Crippen molar-refractivity contribution in [2.45, 2.75) is 38.6 Å². The summed E-state index contributed by atoms with van der Waals surface area (Å²) in [7, 11) is -3.66. The monoisotopic (exact) mass is 370 g/mol. The van der Waals surface area contributed by atoms with Crippen LogP contribution in [0.25, 0.3) is 0 Å². The Morgan fingerprint density at radius 2 is 1.68 bits per heavy atom. The summed E-state index contributed by atoms with van der Waals surface area (Å²) in [6.07, 6.45) is 0.936. The Balaban J connectivity index is 3.05. The first-order chi connectivity index (χ1) is 11.2. The second kappa shape index (κ2) is 7.22. The van der Waals surface area contributed by atoms with E-state index >= 15 is 0 Å². The maximum atomic E-state index is 12.2. The average Bonchev–Trinajstić information content (AvgIpc) is 2.44. The van der Waals surface area contributed by atoms with Gasteiger partial charge in [-0.15, -0.1) is 0 Å². The van der Waals surface area contributed by atoms with E-state index in [-0.39, 0.29) is 22.1 Å². The van der Waals surface area contributed by atoms with E-state index in [9.17, 15) is 22.8 Å². The molecule has 2 amide bonds. The third kappa shape index (κ3) is 5.86. The minimum atomic E-state index is -3.66. The van der Waals surface area contributed by atoms with Gasteiger partial charge in [-0.05, 0) is 25.1 Å². The molecule has 0 bridgehead atoms. The molecule has 0 radical (unpaired) electrons. The van der Waals surface area contributed by atoms with E-state index in [0.29, 0.717) is 0 Å². The van der Waals surface area contributed by atoms with Crippen molar-refractivity contribution in [3.8, 4) is 0 Å². The topological polar surface area (TPSA) is 130 Å². The molecule has 3 N–H and O–H groups in total. The summed E-state index contributed by atoms with van der Waals surface area (Å²) in [6, 6.07) is 2.44. The van der Waals surface area contributed by atoms with Crippen LogP contribution in [-0.2, 0) is 19.4 Å². The molecule has 0 aromatic heterocycles. The number of rotatable bonds is 5. The predicted molar refractivity (Wildman–Crippen MR) is 92.2 cm³/mol. The van der Waals surface area contributed by atoms with Crippen LogP contribution in [0.15, 0.2) is 23.1 Å². The number of nitrogens with one attached hydrogen (secondary N) is 2. The zero-order chi connectivity index (χ0) is 19.6. The standard InChI is InChI=1S/C16H22N2O6S/c1-9(17-15(22)16(2,3)4)13(19)18-11-6-10(14(20)21)7-12(8-11)25(5,23)24/h6-9H,1-5H3,(H,17,22)(H,18,19)(H,20,21). The molecule has 1 atom stereocenters. The molecule has 0 saturated carbocycles. The minimum Gasteiger partial charge on any atom is -0.478 e. The van der Waals surface area contributed by atoms with Crippen LogP contribution in [0.1, 0.15) is 38.1 Å². The van der Waals surface area contributed by atoms with E-state index < -0.39 is 33.2 Å². The van der Waals surface area contributed by atoms with Gasteiger partial charge in [-0.3, -0.25) is 9.59 Å². The van der Waals surface area contributed by atoms with E-state index in [1.807, 2.05) is 0 Å². The van der Waals surface area contributed by atoms with Crippen LogP contribution in [0.2, 0.25) is 0 Å². The highest BCUT2D eigenvalue weighted by Crippen LogP contribution is 2.20. The van der Waals surface area contributed by atoms with Crippen LogP contribution in [0.4, 0.5) is 5.69 Å². The lowest BCUT2D eigenvalue weighted by Crippen LogP contribution is -2.46. The first-order valence-corrected chi connectivity index (χ1v) is 9.31. The van der Waals surface area contributed by atoms with E-state index in [0.717, 1.165) is 24.5 Å². The van der Waals surface area contributed by atoms with E-state index in [4.69, 9.17) is 5.11 Å². The van der Waals surface area contributed by atoms with Gasteiger partial charge < -0.3 is 15.7 Å². The third-order valence-corrected chi connectivity index (χ3v) is 4.36. The molecule has 0 saturated heterocycles. The van der Waals surface area contributed by atoms with Crippen molar-refractivity contribution < 1.29 is 27.9 Å². The zero-order valence-electron chi connectivity index (χ0n) is 14.7. The minimum absolute atomic E-state index is 0.0159. The molecule has 8 nitrogen and oxygen atoms in total. The molecule has 0 fully saturated rings. The SMILES string of the molecule is CC(NC(=O)C(C)(C)C)C(=O)Nc1cc(C(=O)O)cc(S(C)(=O)=O)c1. The van der Waals surface area contributed by atoms with E-state index in [1.54, 1.807) is 20.8 Å². The first-order valence-electron chi connectivity index (χ1n) is 7.42. The summed E-state index contributed by atoms with van der Waals surface area (Å²) in [5.74, 6) is -2.25. The van der Waals surface area contributed by atoms with Crippen molar-refractivity contribution >= 4 is 33.3 Å². The number of hydrogen-bond acceptors (Lipinski definition) is 5. The average molecular weight is 370 g/mol. The third-order valence-electron chi connectivity index (χ3n) is 3.27. The summed E-state index contributed by atoms with van der Waals surface area (Å²) in [5, 5.41) is 14.0. The molecule has 25 heavy (non-hydrogen) atoms. The molecule has 1 aromatic carbocycles. The lowest BCUT2D eigenvalue weighted by Gasteiger charge is -2.21. The quantitative estimate of drug-likeness (QED) is 0.716. The molecule has 138 valence electrons. The fourth-order valence-corrected chi connectivity index (χ4v) is 2.42. The Morgan fingerprint density at radius 1 is 1.12 bits per heavy atom. The molecule has 9 heteroatoms. The van der Waals surface area contributed by atoms with Crippen molar-refractivity contribution in [2.75, 3.05) is 11.6 Å². The van der Waals surface area contributed by atoms with Gasteiger partial charge in [0.1, 0.15) is 6.04 Å². The molecule has 0 aliphatic carbocycles. The number of benzene rings is 1. The first kappa shape index (κ1) is 20.6. The number of carboxylic acids is 1. The van der Waals surface area contributed by atoms with E-state index in [2.05, 4.69) is 10.6 Å². The Hall–Kier alpha value is -2.42. The number of carboxylic acid groups (broad SMARTS) is 1. The van der Waals surface area contributed by atoms with Crippen molar-refractivity contribution in [3.63, 3.8) is 0 Å². The highest BCUT2D eigenvalue weighted by atomic mass is 32.2. The molecule has 0 spiro atoms. The van der Waals surface area contributed by atoms with Crippen molar-refractivity contribution in [1.82, 2.24) is 5.32 Å².